The van der Waals surface area contributed by atoms with Crippen LogP contribution in [0.4, 0.5) is 0 Å². The Morgan fingerprint density at radius 2 is 1.70 bits per heavy atom. The van der Waals surface area contributed by atoms with E-state index >= 15 is 0 Å². The summed E-state index contributed by atoms with van der Waals surface area (Å²) in [5, 5.41) is 14.1. The van der Waals surface area contributed by atoms with Gasteiger partial charge in [-0.05, 0) is 55.5 Å². The van der Waals surface area contributed by atoms with Crippen LogP contribution in [0.1, 0.15) is 44.2 Å². The quantitative estimate of drug-likeness (QED) is 0.264. The molecule has 0 saturated carbocycles. The van der Waals surface area contributed by atoms with Gasteiger partial charge in [-0.15, -0.1) is 10.2 Å². The first-order valence-corrected chi connectivity index (χ1v) is 11.9. The van der Waals surface area contributed by atoms with Crippen LogP contribution in [-0.2, 0) is 12.4 Å². The minimum Gasteiger partial charge on any atom is -0.494 e. The van der Waals surface area contributed by atoms with Gasteiger partial charge in [0.05, 0.1) is 12.4 Å². The van der Waals surface area contributed by atoms with Gasteiger partial charge in [0, 0.05) is 16.6 Å². The fourth-order valence-electron chi connectivity index (χ4n) is 2.97. The molecule has 10 heteroatoms. The van der Waals surface area contributed by atoms with E-state index in [4.69, 9.17) is 25.6 Å². The lowest BCUT2D eigenvalue weighted by molar-refractivity contribution is 0.291. The van der Waals surface area contributed by atoms with Crippen molar-refractivity contribution in [3.63, 3.8) is 0 Å². The van der Waals surface area contributed by atoms with E-state index in [1.54, 1.807) is 0 Å². The highest BCUT2D eigenvalue weighted by Gasteiger charge is 2.17. The van der Waals surface area contributed by atoms with Gasteiger partial charge in [-0.25, -0.2) is 0 Å². The second kappa shape index (κ2) is 10.7. The number of rotatable bonds is 10. The van der Waals surface area contributed by atoms with Crippen molar-refractivity contribution in [2.45, 2.75) is 44.2 Å². The van der Waals surface area contributed by atoms with E-state index in [2.05, 4.69) is 20.3 Å². The topological polar surface area (TPSA) is 88.1 Å². The summed E-state index contributed by atoms with van der Waals surface area (Å²) in [4.78, 5) is 4.43. The number of nitrogens with zero attached hydrogens (tertiary/aromatic N) is 5. The van der Waals surface area contributed by atoms with Crippen LogP contribution in [0, 0.1) is 0 Å². The number of ether oxygens (including phenoxy) is 2. The molecule has 0 spiro atoms. The SMILES string of the molecule is CCOc1ccc(OCc2nnc(SCc3noc(C(C)C)n3)n2-c2ccc(Cl)cc2)cc1. The summed E-state index contributed by atoms with van der Waals surface area (Å²) in [6, 6.07) is 15.0. The van der Waals surface area contributed by atoms with Gasteiger partial charge >= 0.3 is 0 Å². The van der Waals surface area contributed by atoms with Crippen LogP contribution < -0.4 is 9.47 Å². The van der Waals surface area contributed by atoms with Crippen LogP contribution in [0.25, 0.3) is 5.69 Å². The summed E-state index contributed by atoms with van der Waals surface area (Å²) >= 11 is 7.56. The smallest absolute Gasteiger partial charge is 0.229 e. The molecule has 0 N–H and O–H groups in total. The van der Waals surface area contributed by atoms with Gasteiger partial charge in [0.15, 0.2) is 16.8 Å². The van der Waals surface area contributed by atoms with E-state index in [0.717, 1.165) is 11.4 Å². The molecule has 0 amide bonds. The molecule has 2 heterocycles. The predicted octanol–water partition coefficient (Wildman–Crippen LogP) is 5.70. The van der Waals surface area contributed by atoms with Crippen LogP contribution in [0.15, 0.2) is 58.2 Å². The van der Waals surface area contributed by atoms with Crippen molar-refractivity contribution in [2.75, 3.05) is 6.61 Å². The molecule has 4 aromatic rings. The second-order valence-corrected chi connectivity index (χ2v) is 8.77. The molecule has 0 fully saturated rings. The monoisotopic (exact) mass is 485 g/mol. The highest BCUT2D eigenvalue weighted by molar-refractivity contribution is 7.98. The van der Waals surface area contributed by atoms with E-state index in [9.17, 15) is 0 Å². The predicted molar refractivity (Wildman–Crippen MR) is 126 cm³/mol. The molecule has 0 aliphatic rings. The lowest BCUT2D eigenvalue weighted by Crippen LogP contribution is -2.06. The van der Waals surface area contributed by atoms with Crippen molar-refractivity contribution >= 4 is 23.4 Å². The maximum absolute atomic E-state index is 6.09. The molecular formula is C23H24ClN5O3S. The maximum atomic E-state index is 6.09. The summed E-state index contributed by atoms with van der Waals surface area (Å²) in [5.41, 5.74) is 0.883. The highest BCUT2D eigenvalue weighted by atomic mass is 35.5. The van der Waals surface area contributed by atoms with Crippen molar-refractivity contribution < 1.29 is 14.0 Å². The number of halogens is 1. The van der Waals surface area contributed by atoms with Crippen molar-refractivity contribution in [3.05, 3.63) is 71.1 Å². The van der Waals surface area contributed by atoms with E-state index < -0.39 is 0 Å². The van der Waals surface area contributed by atoms with E-state index in [-0.39, 0.29) is 12.5 Å². The fraction of sp³-hybridized carbons (Fsp3) is 0.304. The standard InChI is InChI=1S/C23H24ClN5O3S/c1-4-30-18-9-11-19(12-10-18)31-13-21-26-27-23(29(21)17-7-5-16(24)6-8-17)33-14-20-25-22(15(2)3)32-28-20/h5-12,15H,4,13-14H2,1-3H3. The third-order valence-corrected chi connectivity index (χ3v) is 5.77. The van der Waals surface area contributed by atoms with Gasteiger partial charge in [-0.1, -0.05) is 42.4 Å². The molecule has 0 unspecified atom stereocenters. The fourth-order valence-corrected chi connectivity index (χ4v) is 3.91. The van der Waals surface area contributed by atoms with E-state index in [1.165, 1.54) is 11.8 Å². The number of hydrogen-bond donors (Lipinski definition) is 0. The molecule has 172 valence electrons. The van der Waals surface area contributed by atoms with Crippen LogP contribution in [0.3, 0.4) is 0 Å². The van der Waals surface area contributed by atoms with Gasteiger partial charge in [-0.3, -0.25) is 4.57 Å². The molecule has 2 aromatic carbocycles. The van der Waals surface area contributed by atoms with Crippen molar-refractivity contribution in [1.82, 2.24) is 24.9 Å². The van der Waals surface area contributed by atoms with E-state index in [1.807, 2.05) is 73.9 Å². The van der Waals surface area contributed by atoms with Crippen LogP contribution in [0.5, 0.6) is 11.5 Å². The molecule has 0 aliphatic heterocycles. The molecule has 33 heavy (non-hydrogen) atoms. The van der Waals surface area contributed by atoms with Crippen LogP contribution in [-0.4, -0.2) is 31.5 Å². The average Bonchev–Trinajstić information content (AvgIpc) is 3.45. The van der Waals surface area contributed by atoms with Crippen molar-refractivity contribution in [2.24, 2.45) is 0 Å². The maximum Gasteiger partial charge on any atom is 0.229 e. The molecule has 0 atom stereocenters. The first kappa shape index (κ1) is 23.1. The minimum atomic E-state index is 0.181. The lowest BCUT2D eigenvalue weighted by Gasteiger charge is -2.11. The minimum absolute atomic E-state index is 0.181. The molecule has 2 aromatic heterocycles. The zero-order valence-corrected chi connectivity index (χ0v) is 20.1. The summed E-state index contributed by atoms with van der Waals surface area (Å²) in [6.07, 6.45) is 0. The Bertz CT molecular complexity index is 1180. The molecule has 0 saturated heterocycles. The second-order valence-electron chi connectivity index (χ2n) is 7.40. The Balaban J connectivity index is 1.53. The number of thioether (sulfide) groups is 1. The first-order chi connectivity index (χ1) is 16.0. The molecule has 0 aliphatic carbocycles. The Hall–Kier alpha value is -3.04. The summed E-state index contributed by atoms with van der Waals surface area (Å²) in [7, 11) is 0. The van der Waals surface area contributed by atoms with Gasteiger partial charge in [0.25, 0.3) is 0 Å². The Kier molecular flexibility index (Phi) is 7.51. The highest BCUT2D eigenvalue weighted by Crippen LogP contribution is 2.27. The zero-order valence-electron chi connectivity index (χ0n) is 18.6. The summed E-state index contributed by atoms with van der Waals surface area (Å²) in [6.45, 7) is 6.83. The lowest BCUT2D eigenvalue weighted by atomic mass is 10.2. The van der Waals surface area contributed by atoms with Gasteiger partial charge < -0.3 is 14.0 Å². The largest absolute Gasteiger partial charge is 0.494 e. The van der Waals surface area contributed by atoms with Crippen molar-refractivity contribution in [1.29, 1.82) is 0 Å². The normalized spacial score (nSPS) is 11.2. The van der Waals surface area contributed by atoms with Crippen molar-refractivity contribution in [3.8, 4) is 17.2 Å². The summed E-state index contributed by atoms with van der Waals surface area (Å²) < 4.78 is 18.7. The Morgan fingerprint density at radius 1 is 1.00 bits per heavy atom. The van der Waals surface area contributed by atoms with Gasteiger partial charge in [0.2, 0.25) is 5.89 Å². The molecular weight excluding hydrogens is 462 g/mol. The Morgan fingerprint density at radius 3 is 2.33 bits per heavy atom. The van der Waals surface area contributed by atoms with Gasteiger partial charge in [0.1, 0.15) is 18.1 Å². The molecule has 4 rings (SSSR count). The van der Waals surface area contributed by atoms with Crippen LogP contribution >= 0.6 is 23.4 Å². The third kappa shape index (κ3) is 5.85. The summed E-state index contributed by atoms with van der Waals surface area (Å²) in [5.74, 6) is 4.09. The van der Waals surface area contributed by atoms with Crippen LogP contribution in [0.2, 0.25) is 5.02 Å². The Labute approximate surface area is 201 Å². The zero-order chi connectivity index (χ0) is 23.2. The van der Waals surface area contributed by atoms with Gasteiger partial charge in [-0.2, -0.15) is 4.98 Å². The number of aromatic nitrogens is 5. The molecule has 8 nitrogen and oxygen atoms in total. The average molecular weight is 486 g/mol. The molecule has 0 radical (unpaired) electrons. The molecule has 0 bridgehead atoms. The number of benzene rings is 2. The first-order valence-electron chi connectivity index (χ1n) is 10.5. The van der Waals surface area contributed by atoms with E-state index in [0.29, 0.717) is 45.8 Å². The third-order valence-electron chi connectivity index (χ3n) is 4.60. The number of hydrogen-bond acceptors (Lipinski definition) is 8.